The van der Waals surface area contributed by atoms with E-state index in [1.165, 1.54) is 5.56 Å². The van der Waals surface area contributed by atoms with Gasteiger partial charge in [0.15, 0.2) is 5.76 Å². The molecule has 22 heavy (non-hydrogen) atoms. The largest absolute Gasteiger partial charge is 0.388 e. The van der Waals surface area contributed by atoms with Gasteiger partial charge in [-0.25, -0.2) is 4.39 Å². The highest BCUT2D eigenvalue weighted by Gasteiger charge is 2.22. The van der Waals surface area contributed by atoms with Crippen molar-refractivity contribution in [3.8, 4) is 0 Å². The highest BCUT2D eigenvalue weighted by Crippen LogP contribution is 2.31. The van der Waals surface area contributed by atoms with Gasteiger partial charge in [0.25, 0.3) is 0 Å². The van der Waals surface area contributed by atoms with Gasteiger partial charge >= 0.3 is 0 Å². The molecule has 0 unspecified atom stereocenters. The van der Waals surface area contributed by atoms with Crippen molar-refractivity contribution in [1.29, 1.82) is 0 Å². The van der Waals surface area contributed by atoms with Crippen LogP contribution in [-0.4, -0.2) is 28.3 Å². The van der Waals surface area contributed by atoms with Gasteiger partial charge in [-0.3, -0.25) is 4.90 Å². The highest BCUT2D eigenvalue weighted by atomic mass is 19.1. The standard InChI is InChI=1S/C17H21FN2O2/c1-12-8-14(18)2-3-17(12)13-4-6-20(7-5-13)10-15-9-16(11-21)22-19-15/h2-3,8-9,13,21H,4-7,10-11H2,1H3. The summed E-state index contributed by atoms with van der Waals surface area (Å²) < 4.78 is 18.2. The van der Waals surface area contributed by atoms with Gasteiger partial charge in [0, 0.05) is 12.6 Å². The second-order valence-corrected chi connectivity index (χ2v) is 5.99. The number of aliphatic hydroxyl groups is 1. The zero-order valence-corrected chi connectivity index (χ0v) is 12.8. The van der Waals surface area contributed by atoms with Crippen LogP contribution < -0.4 is 0 Å². The first-order chi connectivity index (χ1) is 10.7. The third-order valence-electron chi connectivity index (χ3n) is 4.41. The lowest BCUT2D eigenvalue weighted by Gasteiger charge is -2.32. The third kappa shape index (κ3) is 3.36. The Morgan fingerprint density at radius 3 is 2.73 bits per heavy atom. The van der Waals surface area contributed by atoms with E-state index < -0.39 is 0 Å². The Morgan fingerprint density at radius 1 is 1.32 bits per heavy atom. The Hall–Kier alpha value is -1.72. The summed E-state index contributed by atoms with van der Waals surface area (Å²) in [6.07, 6.45) is 2.13. The van der Waals surface area contributed by atoms with Gasteiger partial charge in [0.1, 0.15) is 12.4 Å². The lowest BCUT2D eigenvalue weighted by Crippen LogP contribution is -2.32. The van der Waals surface area contributed by atoms with Crippen molar-refractivity contribution in [2.75, 3.05) is 13.1 Å². The van der Waals surface area contributed by atoms with Gasteiger partial charge in [-0.2, -0.15) is 0 Å². The lowest BCUT2D eigenvalue weighted by molar-refractivity contribution is 0.197. The molecule has 1 N–H and O–H groups in total. The molecule has 0 spiro atoms. The fraction of sp³-hybridized carbons (Fsp3) is 0.471. The van der Waals surface area contributed by atoms with E-state index in [0.29, 0.717) is 11.7 Å². The topological polar surface area (TPSA) is 49.5 Å². The van der Waals surface area contributed by atoms with E-state index in [0.717, 1.165) is 43.7 Å². The molecule has 2 aromatic rings. The average molecular weight is 304 g/mol. The highest BCUT2D eigenvalue weighted by molar-refractivity contribution is 5.30. The summed E-state index contributed by atoms with van der Waals surface area (Å²) in [5.74, 6) is 0.846. The summed E-state index contributed by atoms with van der Waals surface area (Å²) in [5.41, 5.74) is 3.17. The molecule has 0 aliphatic carbocycles. The fourth-order valence-corrected chi connectivity index (χ4v) is 3.23. The maximum absolute atomic E-state index is 13.2. The number of piperidine rings is 1. The van der Waals surface area contributed by atoms with E-state index in [-0.39, 0.29) is 12.4 Å². The number of nitrogens with zero attached hydrogens (tertiary/aromatic N) is 2. The molecule has 0 saturated carbocycles. The Balaban J connectivity index is 1.58. The zero-order valence-electron chi connectivity index (χ0n) is 12.8. The van der Waals surface area contributed by atoms with Crippen molar-refractivity contribution in [3.63, 3.8) is 0 Å². The Kier molecular flexibility index (Phi) is 4.55. The number of aliphatic hydroxyl groups excluding tert-OH is 1. The minimum Gasteiger partial charge on any atom is -0.388 e. The van der Waals surface area contributed by atoms with Gasteiger partial charge in [-0.15, -0.1) is 0 Å². The van der Waals surface area contributed by atoms with Crippen LogP contribution >= 0.6 is 0 Å². The fourth-order valence-electron chi connectivity index (χ4n) is 3.23. The van der Waals surface area contributed by atoms with Crippen LogP contribution in [0.1, 0.15) is 41.3 Å². The van der Waals surface area contributed by atoms with Gasteiger partial charge in [0.2, 0.25) is 0 Å². The number of likely N-dealkylation sites (tertiary alicyclic amines) is 1. The molecule has 1 aliphatic heterocycles. The summed E-state index contributed by atoms with van der Waals surface area (Å²) in [6.45, 7) is 4.60. The van der Waals surface area contributed by atoms with E-state index in [2.05, 4.69) is 10.1 Å². The molecule has 0 radical (unpaired) electrons. The van der Waals surface area contributed by atoms with Crippen LogP contribution in [0.25, 0.3) is 0 Å². The molecule has 118 valence electrons. The molecule has 0 amide bonds. The van der Waals surface area contributed by atoms with Crippen molar-refractivity contribution >= 4 is 0 Å². The first kappa shape index (κ1) is 15.2. The number of halogens is 1. The SMILES string of the molecule is Cc1cc(F)ccc1C1CCN(Cc2cc(CO)on2)CC1. The van der Waals surface area contributed by atoms with Crippen molar-refractivity contribution in [1.82, 2.24) is 10.1 Å². The second kappa shape index (κ2) is 6.58. The molecule has 1 saturated heterocycles. The molecular weight excluding hydrogens is 283 g/mol. The van der Waals surface area contributed by atoms with Gasteiger partial charge in [0.05, 0.1) is 5.69 Å². The molecule has 1 fully saturated rings. The van der Waals surface area contributed by atoms with E-state index in [9.17, 15) is 4.39 Å². The second-order valence-electron chi connectivity index (χ2n) is 5.99. The molecule has 3 rings (SSSR count). The van der Waals surface area contributed by atoms with E-state index in [1.807, 2.05) is 13.0 Å². The van der Waals surface area contributed by atoms with Crippen LogP contribution in [0.3, 0.4) is 0 Å². The van der Waals surface area contributed by atoms with Gasteiger partial charge < -0.3 is 9.63 Å². The first-order valence-electron chi connectivity index (χ1n) is 7.69. The predicted molar refractivity (Wildman–Crippen MR) is 80.8 cm³/mol. The van der Waals surface area contributed by atoms with Crippen molar-refractivity contribution in [2.24, 2.45) is 0 Å². The molecule has 4 nitrogen and oxygen atoms in total. The molecule has 1 aromatic carbocycles. The van der Waals surface area contributed by atoms with Crippen LogP contribution in [0.5, 0.6) is 0 Å². The van der Waals surface area contributed by atoms with Crippen LogP contribution in [-0.2, 0) is 13.2 Å². The Bertz CT molecular complexity index is 633. The summed E-state index contributed by atoms with van der Waals surface area (Å²) in [7, 11) is 0. The number of aryl methyl sites for hydroxylation is 1. The van der Waals surface area contributed by atoms with Crippen molar-refractivity contribution in [2.45, 2.75) is 38.8 Å². The number of rotatable bonds is 4. The molecule has 1 aliphatic rings. The normalized spacial score (nSPS) is 17.0. The predicted octanol–water partition coefficient (Wildman–Crippen LogP) is 2.99. The van der Waals surface area contributed by atoms with Crippen LogP contribution in [0.15, 0.2) is 28.8 Å². The van der Waals surface area contributed by atoms with E-state index in [1.54, 1.807) is 18.2 Å². The average Bonchev–Trinajstić information content (AvgIpc) is 2.96. The molecular formula is C17H21FN2O2. The number of benzene rings is 1. The molecule has 2 heterocycles. The number of aromatic nitrogens is 1. The summed E-state index contributed by atoms with van der Waals surface area (Å²) in [4.78, 5) is 2.34. The molecule has 5 heteroatoms. The number of hydrogen-bond acceptors (Lipinski definition) is 4. The van der Waals surface area contributed by atoms with Crippen molar-refractivity contribution < 1.29 is 14.0 Å². The van der Waals surface area contributed by atoms with E-state index in [4.69, 9.17) is 9.63 Å². The Labute approximate surface area is 129 Å². The number of hydrogen-bond donors (Lipinski definition) is 1. The summed E-state index contributed by atoms with van der Waals surface area (Å²) >= 11 is 0. The zero-order chi connectivity index (χ0) is 15.5. The monoisotopic (exact) mass is 304 g/mol. The Morgan fingerprint density at radius 2 is 2.09 bits per heavy atom. The minimum absolute atomic E-state index is 0.112. The molecule has 0 atom stereocenters. The summed E-state index contributed by atoms with van der Waals surface area (Å²) in [6, 6.07) is 6.90. The lowest BCUT2D eigenvalue weighted by atomic mass is 9.87. The van der Waals surface area contributed by atoms with Gasteiger partial charge in [-0.05, 0) is 62.0 Å². The quantitative estimate of drug-likeness (QED) is 0.943. The molecule has 0 bridgehead atoms. The smallest absolute Gasteiger partial charge is 0.162 e. The van der Waals surface area contributed by atoms with Gasteiger partial charge in [-0.1, -0.05) is 11.2 Å². The van der Waals surface area contributed by atoms with Crippen LogP contribution in [0.2, 0.25) is 0 Å². The van der Waals surface area contributed by atoms with E-state index >= 15 is 0 Å². The maximum Gasteiger partial charge on any atom is 0.162 e. The minimum atomic E-state index is -0.163. The first-order valence-corrected chi connectivity index (χ1v) is 7.69. The van der Waals surface area contributed by atoms with Crippen LogP contribution in [0, 0.1) is 12.7 Å². The van der Waals surface area contributed by atoms with Crippen LogP contribution in [0.4, 0.5) is 4.39 Å². The molecule has 1 aromatic heterocycles. The van der Waals surface area contributed by atoms with Crippen molar-refractivity contribution in [3.05, 3.63) is 52.7 Å². The summed E-state index contributed by atoms with van der Waals surface area (Å²) in [5, 5.41) is 13.0. The maximum atomic E-state index is 13.2. The third-order valence-corrected chi connectivity index (χ3v) is 4.41.